The molecular formula is C50H64N6O7. The van der Waals surface area contributed by atoms with E-state index in [0.29, 0.717) is 52.1 Å². The number of nitrogens with zero attached hydrogens (tertiary/aromatic N) is 2. The predicted molar refractivity (Wildman–Crippen MR) is 241 cm³/mol. The summed E-state index contributed by atoms with van der Waals surface area (Å²) in [5.41, 5.74) is 3.95. The highest BCUT2D eigenvalue weighted by Gasteiger charge is 2.64. The quantitative estimate of drug-likeness (QED) is 0.127. The summed E-state index contributed by atoms with van der Waals surface area (Å²) in [6, 6.07) is 19.0. The third-order valence-corrected chi connectivity index (χ3v) is 14.0. The molecule has 4 aliphatic rings. The lowest BCUT2D eigenvalue weighted by atomic mass is 9.49. The zero-order chi connectivity index (χ0) is 45.4. The number of rotatable bonds is 14. The van der Waals surface area contributed by atoms with Crippen molar-refractivity contribution in [2.75, 3.05) is 25.1 Å². The fourth-order valence-electron chi connectivity index (χ4n) is 10.8. The molecule has 2 aliphatic heterocycles. The fraction of sp³-hybridized carbons (Fsp3) is 0.540. The van der Waals surface area contributed by atoms with Gasteiger partial charge in [-0.15, -0.1) is 0 Å². The molecule has 7 rings (SSSR count). The van der Waals surface area contributed by atoms with Gasteiger partial charge in [-0.1, -0.05) is 41.5 Å². The second-order valence-electron chi connectivity index (χ2n) is 19.6. The van der Waals surface area contributed by atoms with Crippen molar-refractivity contribution in [3.63, 3.8) is 0 Å². The van der Waals surface area contributed by atoms with Crippen LogP contribution in [-0.4, -0.2) is 80.2 Å². The van der Waals surface area contributed by atoms with E-state index < -0.39 is 17.9 Å². The number of hydrogen-bond acceptors (Lipinski definition) is 10. The lowest BCUT2D eigenvalue weighted by Crippen LogP contribution is -2.74. The van der Waals surface area contributed by atoms with Crippen LogP contribution in [0, 0.1) is 47.8 Å². The Hall–Kier alpha value is -5.61. The van der Waals surface area contributed by atoms with E-state index in [0.717, 1.165) is 61.3 Å². The van der Waals surface area contributed by atoms with Gasteiger partial charge in [0.25, 0.3) is 11.8 Å². The van der Waals surface area contributed by atoms with E-state index >= 15 is 0 Å². The van der Waals surface area contributed by atoms with Crippen LogP contribution in [0.3, 0.4) is 0 Å². The van der Waals surface area contributed by atoms with E-state index in [1.165, 1.54) is 7.11 Å². The molecule has 3 aromatic rings. The average molecular weight is 861 g/mol. The predicted octanol–water partition coefficient (Wildman–Crippen LogP) is 6.77. The van der Waals surface area contributed by atoms with Gasteiger partial charge in [-0.2, -0.15) is 5.26 Å². The molecule has 63 heavy (non-hydrogen) atoms. The zero-order valence-electron chi connectivity index (χ0n) is 38.2. The van der Waals surface area contributed by atoms with Gasteiger partial charge in [0.05, 0.1) is 18.7 Å². The third-order valence-electron chi connectivity index (χ3n) is 14.0. The number of benzene rings is 3. The van der Waals surface area contributed by atoms with E-state index in [1.807, 2.05) is 38.1 Å². The monoisotopic (exact) mass is 860 g/mol. The Balaban J connectivity index is 0.865. The molecule has 0 spiro atoms. The number of piperidine rings is 2. The Morgan fingerprint density at radius 2 is 1.46 bits per heavy atom. The van der Waals surface area contributed by atoms with Crippen LogP contribution < -0.4 is 40.4 Å². The number of nitriles is 1. The second-order valence-corrected chi connectivity index (χ2v) is 19.6. The van der Waals surface area contributed by atoms with Crippen molar-refractivity contribution >= 4 is 29.3 Å². The summed E-state index contributed by atoms with van der Waals surface area (Å²) in [6.45, 7) is 18.9. The molecule has 4 amide bonds. The number of methoxy groups -OCH3 is 1. The summed E-state index contributed by atoms with van der Waals surface area (Å²) in [7, 11) is 1.54. The summed E-state index contributed by atoms with van der Waals surface area (Å²) in [6.07, 6.45) is 4.22. The lowest BCUT2D eigenvalue weighted by Gasteiger charge is -2.63. The largest absolute Gasteiger partial charge is 0.493 e. The standard InChI is InChI=1S/C50H64N6O7/c1-28(2)43(52-34-25-37(26-34)62-40-16-12-33(24-41(40)61-9)45(59)53-39-15-17-42(57)54-46(39)60)31-18-20-56(21-19-31)35-13-10-32(11-14-35)44(58)55-47-49(5,6)48(50(47,7)8)63-36-22-29(3)38(27-51)30(4)23-36/h10-14,16,22-24,28,31,34,37,39,43,47-48,52H,15,17-21,25-26H2,1-9H3,(H,53,59)(H,55,58)(H,54,57,60)/t34?,37?,39-,43-,47?,48?/m1/s1. The molecule has 336 valence electrons. The molecule has 13 heteroatoms. The number of imide groups is 1. The van der Waals surface area contributed by atoms with Crippen molar-refractivity contribution in [1.29, 1.82) is 5.26 Å². The normalized spacial score (nSPS) is 24.5. The van der Waals surface area contributed by atoms with Crippen LogP contribution in [-0.2, 0) is 9.59 Å². The van der Waals surface area contributed by atoms with Gasteiger partial charge >= 0.3 is 0 Å². The number of nitrogens with one attached hydrogen (secondary N) is 4. The first-order chi connectivity index (χ1) is 29.9. The van der Waals surface area contributed by atoms with Crippen LogP contribution in [0.15, 0.2) is 54.6 Å². The van der Waals surface area contributed by atoms with Crippen LogP contribution in [0.25, 0.3) is 0 Å². The van der Waals surface area contributed by atoms with Crippen molar-refractivity contribution in [2.45, 2.75) is 130 Å². The van der Waals surface area contributed by atoms with E-state index in [1.54, 1.807) is 18.2 Å². The van der Waals surface area contributed by atoms with Crippen molar-refractivity contribution in [3.8, 4) is 23.3 Å². The van der Waals surface area contributed by atoms with E-state index in [-0.39, 0.29) is 53.7 Å². The summed E-state index contributed by atoms with van der Waals surface area (Å²) >= 11 is 0. The zero-order valence-corrected chi connectivity index (χ0v) is 38.2. The van der Waals surface area contributed by atoms with E-state index in [2.05, 4.69) is 85.9 Å². The maximum Gasteiger partial charge on any atom is 0.252 e. The molecule has 4 N–H and O–H groups in total. The second kappa shape index (κ2) is 18.2. The van der Waals surface area contributed by atoms with Crippen LogP contribution in [0.4, 0.5) is 5.69 Å². The fourth-order valence-corrected chi connectivity index (χ4v) is 10.8. The minimum Gasteiger partial charge on any atom is -0.493 e. The average Bonchev–Trinajstić information content (AvgIpc) is 3.23. The molecule has 13 nitrogen and oxygen atoms in total. The first kappa shape index (κ1) is 45.4. The molecule has 0 radical (unpaired) electrons. The molecule has 3 aromatic carbocycles. The Morgan fingerprint density at radius 3 is 2.05 bits per heavy atom. The molecule has 0 unspecified atom stereocenters. The van der Waals surface area contributed by atoms with Crippen molar-refractivity contribution in [1.82, 2.24) is 21.3 Å². The molecule has 2 saturated carbocycles. The minimum atomic E-state index is -0.758. The lowest BCUT2D eigenvalue weighted by molar-refractivity contribution is -0.164. The molecule has 0 aromatic heterocycles. The summed E-state index contributed by atoms with van der Waals surface area (Å²) in [4.78, 5) is 52.6. The number of ether oxygens (including phenoxy) is 3. The topological polar surface area (TPSA) is 171 Å². The smallest absolute Gasteiger partial charge is 0.252 e. The van der Waals surface area contributed by atoms with Crippen LogP contribution in [0.2, 0.25) is 0 Å². The van der Waals surface area contributed by atoms with Gasteiger partial charge < -0.3 is 35.1 Å². The van der Waals surface area contributed by atoms with Crippen molar-refractivity contribution in [2.24, 2.45) is 22.7 Å². The molecule has 2 heterocycles. The van der Waals surface area contributed by atoms with E-state index in [4.69, 9.17) is 14.2 Å². The van der Waals surface area contributed by atoms with Gasteiger partial charge in [0.15, 0.2) is 11.5 Å². The molecule has 4 fully saturated rings. The summed E-state index contributed by atoms with van der Waals surface area (Å²) < 4.78 is 18.5. The molecule has 2 atom stereocenters. The van der Waals surface area contributed by atoms with Crippen LogP contribution in [0.5, 0.6) is 17.2 Å². The SMILES string of the molecule is COc1cc(C(=O)N[C@@H]2CCC(=O)NC2=O)ccc1OC1CC(N[C@H](C(C)C)C2CCN(c3ccc(C(=O)NC4C(C)(C)C(Oc5cc(C)c(C#N)c(C)c5)C4(C)C)cc3)CC2)C1. The Bertz CT molecular complexity index is 2210. The Morgan fingerprint density at radius 1 is 0.841 bits per heavy atom. The number of aryl methyl sites for hydroxylation is 2. The number of amides is 4. The number of anilines is 1. The highest BCUT2D eigenvalue weighted by atomic mass is 16.5. The maximum absolute atomic E-state index is 13.6. The Kier molecular flexibility index (Phi) is 13.1. The van der Waals surface area contributed by atoms with E-state index in [9.17, 15) is 24.4 Å². The number of carbonyl (C=O) groups is 4. The Labute approximate surface area is 372 Å². The maximum atomic E-state index is 13.6. The van der Waals surface area contributed by atoms with Gasteiger partial charge in [0.1, 0.15) is 24.0 Å². The van der Waals surface area contributed by atoms with Gasteiger partial charge in [0.2, 0.25) is 11.8 Å². The minimum absolute atomic E-state index is 0.0192. The van der Waals surface area contributed by atoms with Gasteiger partial charge in [-0.05, 0) is 124 Å². The summed E-state index contributed by atoms with van der Waals surface area (Å²) in [5, 5.41) is 21.8. The van der Waals surface area contributed by atoms with Gasteiger partial charge in [0, 0.05) is 65.3 Å². The first-order valence-electron chi connectivity index (χ1n) is 22.5. The highest BCUT2D eigenvalue weighted by Crippen LogP contribution is 2.55. The van der Waals surface area contributed by atoms with Crippen molar-refractivity contribution < 1.29 is 33.4 Å². The first-order valence-corrected chi connectivity index (χ1v) is 22.5. The van der Waals surface area contributed by atoms with Gasteiger partial charge in [-0.3, -0.25) is 24.5 Å². The van der Waals surface area contributed by atoms with Crippen molar-refractivity contribution in [3.05, 3.63) is 82.4 Å². The summed E-state index contributed by atoms with van der Waals surface area (Å²) in [5.74, 6) is 1.43. The highest BCUT2D eigenvalue weighted by molar-refractivity contribution is 6.04. The number of carbonyl (C=O) groups excluding carboxylic acids is 4. The molecule has 2 saturated heterocycles. The molecule has 0 bridgehead atoms. The molecular weight excluding hydrogens is 797 g/mol. The van der Waals surface area contributed by atoms with Gasteiger partial charge in [-0.25, -0.2) is 0 Å². The van der Waals surface area contributed by atoms with Crippen LogP contribution >= 0.6 is 0 Å². The molecule has 2 aliphatic carbocycles. The van der Waals surface area contributed by atoms with Crippen LogP contribution in [0.1, 0.15) is 117 Å². The number of hydrogen-bond donors (Lipinski definition) is 4. The third kappa shape index (κ3) is 9.52.